The zero-order valence-electron chi connectivity index (χ0n) is 13.8. The lowest BCUT2D eigenvalue weighted by Gasteiger charge is -2.19. The molecule has 0 unspecified atom stereocenters. The predicted octanol–water partition coefficient (Wildman–Crippen LogP) is 2.71. The number of hydrogen-bond donors (Lipinski definition) is 2. The van der Waals surface area contributed by atoms with Crippen LogP contribution in [0.4, 0.5) is 8.78 Å². The van der Waals surface area contributed by atoms with Gasteiger partial charge in [-0.25, -0.2) is 8.78 Å². The second-order valence-electron chi connectivity index (χ2n) is 6.52. The summed E-state index contributed by atoms with van der Waals surface area (Å²) in [6.45, 7) is 7.17. The topological polar surface area (TPSA) is 84.2 Å². The van der Waals surface area contributed by atoms with Gasteiger partial charge in [0.1, 0.15) is 5.69 Å². The van der Waals surface area contributed by atoms with Crippen molar-refractivity contribution in [2.24, 2.45) is 11.3 Å². The maximum Gasteiger partial charge on any atom is 0.309 e. The Hall–Kier alpha value is -1.99. The second-order valence-corrected chi connectivity index (χ2v) is 6.52. The van der Waals surface area contributed by atoms with E-state index in [4.69, 9.17) is 5.11 Å². The summed E-state index contributed by atoms with van der Waals surface area (Å²) in [5.41, 5.74) is -1.58. The van der Waals surface area contributed by atoms with Gasteiger partial charge in [-0.15, -0.1) is 0 Å². The molecule has 0 aromatic carbocycles. The minimum atomic E-state index is -2.81. The number of carbonyl (C=O) groups is 2. The average Bonchev–Trinajstić information content (AvgIpc) is 2.81. The van der Waals surface area contributed by atoms with Crippen molar-refractivity contribution in [3.05, 3.63) is 17.5 Å². The van der Waals surface area contributed by atoms with Crippen LogP contribution in [-0.2, 0) is 11.3 Å². The van der Waals surface area contributed by atoms with E-state index in [1.807, 2.05) is 13.8 Å². The molecule has 130 valence electrons. The Kier molecular flexibility index (Phi) is 6.23. The van der Waals surface area contributed by atoms with Gasteiger partial charge in [-0.1, -0.05) is 13.8 Å². The first-order valence-corrected chi connectivity index (χ1v) is 7.41. The highest BCUT2D eigenvalue weighted by Crippen LogP contribution is 2.24. The third-order valence-corrected chi connectivity index (χ3v) is 3.48. The Morgan fingerprint density at radius 3 is 2.48 bits per heavy atom. The van der Waals surface area contributed by atoms with Crippen molar-refractivity contribution < 1.29 is 23.5 Å². The molecule has 1 amide bonds. The Balaban J connectivity index is 2.80. The van der Waals surface area contributed by atoms with Crippen LogP contribution in [0.3, 0.4) is 0 Å². The van der Waals surface area contributed by atoms with Crippen LogP contribution < -0.4 is 5.32 Å². The Labute approximate surface area is 133 Å². The van der Waals surface area contributed by atoms with E-state index in [1.165, 1.54) is 13.8 Å². The van der Waals surface area contributed by atoms with E-state index >= 15 is 0 Å². The van der Waals surface area contributed by atoms with E-state index in [0.717, 1.165) is 10.9 Å². The van der Waals surface area contributed by atoms with Gasteiger partial charge in [0.05, 0.1) is 17.2 Å². The summed E-state index contributed by atoms with van der Waals surface area (Å²) in [4.78, 5) is 23.1. The number of carboxylic acids is 1. The number of carboxylic acid groups (broad SMARTS) is 1. The first kappa shape index (κ1) is 19.1. The van der Waals surface area contributed by atoms with Crippen LogP contribution in [0.15, 0.2) is 6.20 Å². The molecule has 0 bridgehead atoms. The number of nitrogens with zero attached hydrogens (tertiary/aromatic N) is 2. The van der Waals surface area contributed by atoms with Crippen molar-refractivity contribution in [3.63, 3.8) is 0 Å². The van der Waals surface area contributed by atoms with E-state index in [0.29, 0.717) is 6.54 Å². The molecule has 1 heterocycles. The molecule has 1 aromatic rings. The molecule has 23 heavy (non-hydrogen) atoms. The fraction of sp³-hybridized carbons (Fsp3) is 0.667. The lowest BCUT2D eigenvalue weighted by atomic mass is 9.90. The van der Waals surface area contributed by atoms with Crippen molar-refractivity contribution in [3.8, 4) is 0 Å². The van der Waals surface area contributed by atoms with Gasteiger partial charge in [0, 0.05) is 13.1 Å². The summed E-state index contributed by atoms with van der Waals surface area (Å²) in [6.07, 6.45) is -1.49. The summed E-state index contributed by atoms with van der Waals surface area (Å²) in [6, 6.07) is 0. The zero-order valence-corrected chi connectivity index (χ0v) is 13.8. The van der Waals surface area contributed by atoms with Crippen LogP contribution in [0.1, 0.15) is 56.6 Å². The normalized spacial score (nSPS) is 12.0. The molecule has 0 spiro atoms. The largest absolute Gasteiger partial charge is 0.481 e. The number of alkyl halides is 2. The fourth-order valence-corrected chi connectivity index (χ4v) is 1.98. The molecule has 0 aliphatic heterocycles. The highest BCUT2D eigenvalue weighted by atomic mass is 19.3. The smallest absolute Gasteiger partial charge is 0.309 e. The number of carbonyl (C=O) groups excluding carboxylic acids is 1. The molecule has 0 atom stereocenters. The van der Waals surface area contributed by atoms with Crippen molar-refractivity contribution in [2.75, 3.05) is 6.54 Å². The van der Waals surface area contributed by atoms with Gasteiger partial charge in [-0.3, -0.25) is 14.3 Å². The van der Waals surface area contributed by atoms with Crippen LogP contribution in [0.2, 0.25) is 0 Å². The molecule has 8 heteroatoms. The van der Waals surface area contributed by atoms with Gasteiger partial charge < -0.3 is 10.4 Å². The molecule has 0 aliphatic carbocycles. The molecule has 0 saturated heterocycles. The Bertz CT molecular complexity index is 568. The molecule has 0 fully saturated rings. The summed E-state index contributed by atoms with van der Waals surface area (Å²) in [5, 5.41) is 15.4. The van der Waals surface area contributed by atoms with E-state index in [1.54, 1.807) is 0 Å². The molecule has 1 aromatic heterocycles. The summed E-state index contributed by atoms with van der Waals surface area (Å²) in [7, 11) is 0. The van der Waals surface area contributed by atoms with Crippen LogP contribution in [0, 0.1) is 11.3 Å². The minimum absolute atomic E-state index is 0.0795. The van der Waals surface area contributed by atoms with Gasteiger partial charge in [0.15, 0.2) is 0 Å². The summed E-state index contributed by atoms with van der Waals surface area (Å²) >= 11 is 0. The number of aromatic nitrogens is 2. The maximum absolute atomic E-state index is 13.2. The molecule has 1 rings (SSSR count). The highest BCUT2D eigenvalue weighted by molar-refractivity contribution is 5.95. The second kappa shape index (κ2) is 7.52. The van der Waals surface area contributed by atoms with Crippen molar-refractivity contribution in [1.29, 1.82) is 0 Å². The lowest BCUT2D eigenvalue weighted by molar-refractivity contribution is -0.147. The van der Waals surface area contributed by atoms with E-state index in [-0.39, 0.29) is 24.4 Å². The van der Waals surface area contributed by atoms with E-state index < -0.39 is 29.4 Å². The zero-order chi connectivity index (χ0) is 17.8. The molecule has 0 radical (unpaired) electrons. The molecular formula is C15H23F2N3O3. The maximum atomic E-state index is 13.2. The Morgan fingerprint density at radius 1 is 1.39 bits per heavy atom. The number of amides is 1. The summed E-state index contributed by atoms with van der Waals surface area (Å²) in [5.74, 6) is -1.54. The van der Waals surface area contributed by atoms with Crippen molar-refractivity contribution >= 4 is 11.9 Å². The molecule has 0 aliphatic rings. The van der Waals surface area contributed by atoms with E-state index in [9.17, 15) is 18.4 Å². The number of hydrogen-bond acceptors (Lipinski definition) is 3. The van der Waals surface area contributed by atoms with Gasteiger partial charge in [-0.2, -0.15) is 5.10 Å². The highest BCUT2D eigenvalue weighted by Gasteiger charge is 2.28. The Morgan fingerprint density at radius 2 is 2.00 bits per heavy atom. The van der Waals surface area contributed by atoms with Gasteiger partial charge >= 0.3 is 5.97 Å². The van der Waals surface area contributed by atoms with Gasteiger partial charge in [0.25, 0.3) is 12.3 Å². The van der Waals surface area contributed by atoms with E-state index in [2.05, 4.69) is 10.4 Å². The molecule has 2 N–H and O–H groups in total. The summed E-state index contributed by atoms with van der Waals surface area (Å²) < 4.78 is 27.6. The minimum Gasteiger partial charge on any atom is -0.481 e. The molecule has 0 saturated carbocycles. The fourth-order valence-electron chi connectivity index (χ4n) is 1.98. The third kappa shape index (κ3) is 5.01. The number of halogens is 2. The molecule has 6 nitrogen and oxygen atoms in total. The number of rotatable bonds is 8. The number of aliphatic carboxylic acids is 1. The van der Waals surface area contributed by atoms with Crippen LogP contribution >= 0.6 is 0 Å². The van der Waals surface area contributed by atoms with Crippen LogP contribution in [0.5, 0.6) is 0 Å². The lowest BCUT2D eigenvalue weighted by Crippen LogP contribution is -2.32. The standard InChI is InChI=1S/C15H23F2N3O3/c1-9(2)8-20-11(12(16)17)10(7-19-20)13(21)18-6-5-15(3,4)14(22)23/h7,9,12H,5-6,8H2,1-4H3,(H,18,21)(H,22,23). The molecular weight excluding hydrogens is 308 g/mol. The first-order chi connectivity index (χ1) is 10.6. The van der Waals surface area contributed by atoms with Crippen LogP contribution in [0.25, 0.3) is 0 Å². The quantitative estimate of drug-likeness (QED) is 0.767. The number of nitrogens with one attached hydrogen (secondary N) is 1. The van der Waals surface area contributed by atoms with Crippen molar-refractivity contribution in [1.82, 2.24) is 15.1 Å². The first-order valence-electron chi connectivity index (χ1n) is 7.41. The SMILES string of the molecule is CC(C)Cn1ncc(C(=O)NCCC(C)(C)C(=O)O)c1C(F)F. The van der Waals surface area contributed by atoms with Gasteiger partial charge in [0.2, 0.25) is 0 Å². The van der Waals surface area contributed by atoms with Crippen molar-refractivity contribution in [2.45, 2.75) is 47.1 Å². The van der Waals surface area contributed by atoms with Crippen LogP contribution in [-0.4, -0.2) is 33.3 Å². The predicted molar refractivity (Wildman–Crippen MR) is 80.4 cm³/mol. The third-order valence-electron chi connectivity index (χ3n) is 3.48. The average molecular weight is 331 g/mol. The van der Waals surface area contributed by atoms with Gasteiger partial charge in [-0.05, 0) is 26.2 Å². The monoisotopic (exact) mass is 331 g/mol.